The first-order valence-corrected chi connectivity index (χ1v) is 9.33. The summed E-state index contributed by atoms with van der Waals surface area (Å²) in [4.78, 5) is 27.6. The van der Waals surface area contributed by atoms with Crippen LogP contribution in [0.1, 0.15) is 12.8 Å². The quantitative estimate of drug-likeness (QED) is 0.875. The van der Waals surface area contributed by atoms with Crippen LogP contribution in [0.15, 0.2) is 30.6 Å². The van der Waals surface area contributed by atoms with Gasteiger partial charge in [0.2, 0.25) is 5.91 Å². The number of anilines is 1. The Kier molecular flexibility index (Phi) is 4.99. The number of likely N-dealkylation sites (tertiary alicyclic amines) is 1. The van der Waals surface area contributed by atoms with Crippen LogP contribution in [0, 0.1) is 0 Å². The molecule has 26 heavy (non-hydrogen) atoms. The molecule has 0 bridgehead atoms. The lowest BCUT2D eigenvalue weighted by Gasteiger charge is -2.37. The molecule has 2 aliphatic heterocycles. The van der Waals surface area contributed by atoms with E-state index in [0.29, 0.717) is 26.2 Å². The van der Waals surface area contributed by atoms with Crippen molar-refractivity contribution in [2.24, 2.45) is 0 Å². The molecule has 2 aliphatic rings. The monoisotopic (exact) mass is 355 g/mol. The van der Waals surface area contributed by atoms with Crippen molar-refractivity contribution in [1.82, 2.24) is 19.8 Å². The Morgan fingerprint density at radius 1 is 1.12 bits per heavy atom. The molecular weight excluding hydrogens is 330 g/mol. The van der Waals surface area contributed by atoms with Crippen molar-refractivity contribution in [2.45, 2.75) is 18.9 Å². The van der Waals surface area contributed by atoms with E-state index in [0.717, 1.165) is 49.2 Å². The van der Waals surface area contributed by atoms with Crippen molar-refractivity contribution in [3.63, 3.8) is 0 Å². The van der Waals surface area contributed by atoms with Crippen LogP contribution in [0.5, 0.6) is 0 Å². The molecule has 7 heteroatoms. The van der Waals surface area contributed by atoms with Crippen LogP contribution in [0.3, 0.4) is 0 Å². The summed E-state index contributed by atoms with van der Waals surface area (Å²) in [6.07, 6.45) is 3.12. The van der Waals surface area contributed by atoms with Gasteiger partial charge in [-0.15, -0.1) is 0 Å². The normalized spacial score (nSPS) is 22.0. The van der Waals surface area contributed by atoms with Gasteiger partial charge in [0.05, 0.1) is 18.2 Å². The van der Waals surface area contributed by atoms with E-state index in [-0.39, 0.29) is 12.0 Å². The molecule has 7 nitrogen and oxygen atoms in total. The average Bonchev–Trinajstić information content (AvgIpc) is 2.68. The molecule has 2 aromatic rings. The van der Waals surface area contributed by atoms with Gasteiger partial charge in [0.1, 0.15) is 12.1 Å². The molecule has 0 unspecified atom stereocenters. The van der Waals surface area contributed by atoms with Crippen molar-refractivity contribution < 1.29 is 9.90 Å². The largest absolute Gasteiger partial charge is 0.392 e. The van der Waals surface area contributed by atoms with Gasteiger partial charge in [-0.05, 0) is 31.5 Å². The number of fused-ring (bicyclic) bond motifs is 1. The number of carbonyl (C=O) groups excluding carboxylic acids is 1. The average molecular weight is 355 g/mol. The second kappa shape index (κ2) is 7.55. The molecule has 0 aliphatic carbocycles. The summed E-state index contributed by atoms with van der Waals surface area (Å²) in [7, 11) is 0. The second-order valence-corrected chi connectivity index (χ2v) is 7.11. The Hall–Kier alpha value is -2.25. The summed E-state index contributed by atoms with van der Waals surface area (Å²) in [6, 6.07) is 8.02. The fourth-order valence-corrected chi connectivity index (χ4v) is 3.88. The van der Waals surface area contributed by atoms with Gasteiger partial charge >= 0.3 is 0 Å². The summed E-state index contributed by atoms with van der Waals surface area (Å²) in [5.41, 5.74) is 0.944. The molecule has 0 radical (unpaired) electrons. The fraction of sp³-hybridized carbons (Fsp3) is 0.526. The number of nitrogens with zero attached hydrogens (tertiary/aromatic N) is 5. The van der Waals surface area contributed by atoms with Gasteiger partial charge in [-0.2, -0.15) is 0 Å². The van der Waals surface area contributed by atoms with Crippen molar-refractivity contribution >= 4 is 22.6 Å². The van der Waals surface area contributed by atoms with Gasteiger partial charge in [0, 0.05) is 38.1 Å². The minimum Gasteiger partial charge on any atom is -0.392 e. The third-order valence-electron chi connectivity index (χ3n) is 5.29. The third-order valence-corrected chi connectivity index (χ3v) is 5.29. The Morgan fingerprint density at radius 2 is 1.92 bits per heavy atom. The van der Waals surface area contributed by atoms with Gasteiger partial charge in [0.25, 0.3) is 0 Å². The first-order chi connectivity index (χ1) is 12.7. The van der Waals surface area contributed by atoms with Gasteiger partial charge in [-0.25, -0.2) is 9.97 Å². The summed E-state index contributed by atoms with van der Waals surface area (Å²) in [5.74, 6) is 1.10. The molecule has 2 fully saturated rings. The maximum absolute atomic E-state index is 12.6. The Labute approximate surface area is 153 Å². The van der Waals surface area contributed by atoms with Crippen molar-refractivity contribution in [1.29, 1.82) is 0 Å². The van der Waals surface area contributed by atoms with Crippen LogP contribution in [-0.4, -0.2) is 82.7 Å². The molecule has 0 saturated carbocycles. The highest BCUT2D eigenvalue weighted by molar-refractivity contribution is 5.89. The van der Waals surface area contributed by atoms with E-state index >= 15 is 0 Å². The highest BCUT2D eigenvalue weighted by atomic mass is 16.3. The Morgan fingerprint density at radius 3 is 2.73 bits per heavy atom. The molecule has 2 saturated heterocycles. The molecule has 1 N–H and O–H groups in total. The molecule has 1 amide bonds. The number of rotatable bonds is 3. The summed E-state index contributed by atoms with van der Waals surface area (Å²) < 4.78 is 0. The predicted molar refractivity (Wildman–Crippen MR) is 100 cm³/mol. The van der Waals surface area contributed by atoms with Crippen LogP contribution in [0.25, 0.3) is 10.9 Å². The third kappa shape index (κ3) is 3.64. The number of aromatic nitrogens is 2. The maximum Gasteiger partial charge on any atom is 0.236 e. The Balaban J connectivity index is 1.37. The van der Waals surface area contributed by atoms with E-state index in [1.807, 2.05) is 29.2 Å². The number of hydrogen-bond acceptors (Lipinski definition) is 6. The van der Waals surface area contributed by atoms with Gasteiger partial charge in [0.15, 0.2) is 0 Å². The lowest BCUT2D eigenvalue weighted by molar-refractivity contribution is -0.133. The molecule has 4 rings (SSSR count). The van der Waals surface area contributed by atoms with Gasteiger partial charge in [-0.1, -0.05) is 12.1 Å². The van der Waals surface area contributed by atoms with Crippen LogP contribution in [-0.2, 0) is 4.79 Å². The highest BCUT2D eigenvalue weighted by Crippen LogP contribution is 2.23. The zero-order valence-corrected chi connectivity index (χ0v) is 14.9. The van der Waals surface area contributed by atoms with E-state index < -0.39 is 0 Å². The maximum atomic E-state index is 12.6. The zero-order valence-electron chi connectivity index (χ0n) is 14.9. The first-order valence-electron chi connectivity index (χ1n) is 9.33. The number of benzene rings is 1. The smallest absolute Gasteiger partial charge is 0.236 e. The van der Waals surface area contributed by atoms with Gasteiger partial charge in [-0.3, -0.25) is 9.69 Å². The van der Waals surface area contributed by atoms with Crippen LogP contribution in [0.4, 0.5) is 5.82 Å². The lowest BCUT2D eigenvalue weighted by atomic mass is 10.1. The number of piperazine rings is 1. The summed E-state index contributed by atoms with van der Waals surface area (Å²) >= 11 is 0. The molecule has 0 spiro atoms. The number of carbonyl (C=O) groups is 1. The standard InChI is InChI=1S/C19H25N5O2/c25-15-4-3-7-22(12-15)13-18(26)23-8-10-24(11-9-23)19-16-5-1-2-6-17(16)20-14-21-19/h1-2,5-6,14-15,25H,3-4,7-13H2/t15-/m0/s1. The van der Waals surface area contributed by atoms with E-state index in [1.165, 1.54) is 0 Å². The highest BCUT2D eigenvalue weighted by Gasteiger charge is 2.26. The number of aliphatic hydroxyl groups excluding tert-OH is 1. The zero-order chi connectivity index (χ0) is 17.9. The number of para-hydroxylation sites is 1. The Bertz CT molecular complexity index is 770. The van der Waals surface area contributed by atoms with Crippen LogP contribution in [0.2, 0.25) is 0 Å². The molecular formula is C19H25N5O2. The molecule has 138 valence electrons. The van der Waals surface area contributed by atoms with E-state index in [9.17, 15) is 9.90 Å². The summed E-state index contributed by atoms with van der Waals surface area (Å²) in [5, 5.41) is 10.8. The number of amides is 1. The van der Waals surface area contributed by atoms with Crippen LogP contribution < -0.4 is 4.90 Å². The minimum absolute atomic E-state index is 0.159. The second-order valence-electron chi connectivity index (χ2n) is 7.11. The minimum atomic E-state index is -0.292. The van der Waals surface area contributed by atoms with E-state index in [1.54, 1.807) is 6.33 Å². The number of hydrogen-bond donors (Lipinski definition) is 1. The summed E-state index contributed by atoms with van der Waals surface area (Å²) in [6.45, 7) is 4.87. The molecule has 1 aromatic carbocycles. The topological polar surface area (TPSA) is 72.8 Å². The molecule has 3 heterocycles. The fourth-order valence-electron chi connectivity index (χ4n) is 3.88. The number of aliphatic hydroxyl groups is 1. The number of piperidine rings is 1. The predicted octanol–water partition coefficient (Wildman–Crippen LogP) is 0.735. The molecule has 1 aromatic heterocycles. The SMILES string of the molecule is O=C(CN1CCC[C@H](O)C1)N1CCN(c2ncnc3ccccc23)CC1. The van der Waals surface area contributed by atoms with Gasteiger partial charge < -0.3 is 14.9 Å². The lowest BCUT2D eigenvalue weighted by Crippen LogP contribution is -2.52. The van der Waals surface area contributed by atoms with E-state index in [2.05, 4.69) is 19.8 Å². The first kappa shape index (κ1) is 17.2. The van der Waals surface area contributed by atoms with Crippen molar-refractivity contribution in [3.8, 4) is 0 Å². The van der Waals surface area contributed by atoms with Crippen LogP contribution >= 0.6 is 0 Å². The number of β-amino-alcohol motifs (C(OH)–C–C–N with tert-alkyl or cyclic N) is 1. The molecule has 1 atom stereocenters. The van der Waals surface area contributed by atoms with Crippen molar-refractivity contribution in [3.05, 3.63) is 30.6 Å². The van der Waals surface area contributed by atoms with Crippen molar-refractivity contribution in [2.75, 3.05) is 50.7 Å². The van der Waals surface area contributed by atoms with E-state index in [4.69, 9.17) is 0 Å².